The Morgan fingerprint density at radius 2 is 1.48 bits per heavy atom. The summed E-state index contributed by atoms with van der Waals surface area (Å²) in [6.45, 7) is 0. The number of fused-ring (bicyclic) bond motifs is 1. The number of hydrogen-bond donors (Lipinski definition) is 1. The lowest BCUT2D eigenvalue weighted by Gasteiger charge is -2.16. The number of nitrogens with zero attached hydrogens (tertiary/aromatic N) is 2. The van der Waals surface area contributed by atoms with Gasteiger partial charge in [-0.15, -0.1) is 0 Å². The third-order valence-electron chi connectivity index (χ3n) is 4.96. The molecule has 0 atom stereocenters. The van der Waals surface area contributed by atoms with Crippen molar-refractivity contribution in [3.8, 4) is 11.1 Å². The van der Waals surface area contributed by atoms with Crippen LogP contribution in [0.15, 0.2) is 84.0 Å². The molecule has 0 aliphatic carbocycles. The van der Waals surface area contributed by atoms with Crippen molar-refractivity contribution in [3.63, 3.8) is 0 Å². The van der Waals surface area contributed by atoms with Gasteiger partial charge in [-0.2, -0.15) is 26.3 Å². The number of halogens is 6. The number of rotatable bonds is 3. The van der Waals surface area contributed by atoms with Crippen molar-refractivity contribution in [2.45, 2.75) is 12.4 Å². The monoisotopic (exact) mass is 459 g/mol. The Labute approximate surface area is 184 Å². The summed E-state index contributed by atoms with van der Waals surface area (Å²) >= 11 is 0. The van der Waals surface area contributed by atoms with Crippen molar-refractivity contribution >= 4 is 22.4 Å². The van der Waals surface area contributed by atoms with Crippen LogP contribution in [0.4, 0.5) is 32.0 Å². The van der Waals surface area contributed by atoms with E-state index < -0.39 is 23.5 Å². The number of nitrogens with two attached hydrogens (primary N) is 1. The molecule has 4 aromatic rings. The normalized spacial score (nSPS) is 12.8. The van der Waals surface area contributed by atoms with Crippen molar-refractivity contribution in [2.75, 3.05) is 0 Å². The molecule has 1 aromatic heterocycles. The lowest BCUT2D eigenvalue weighted by atomic mass is 9.94. The molecule has 0 aliphatic heterocycles. The van der Waals surface area contributed by atoms with Crippen LogP contribution in [0.5, 0.6) is 0 Å². The van der Waals surface area contributed by atoms with Gasteiger partial charge in [-0.05, 0) is 29.8 Å². The third-order valence-corrected chi connectivity index (χ3v) is 4.96. The predicted molar refractivity (Wildman–Crippen MR) is 114 cm³/mol. The molecule has 3 nitrogen and oxygen atoms in total. The molecule has 0 fully saturated rings. The molecule has 0 aliphatic rings. The smallest absolute Gasteiger partial charge is 0.383 e. The zero-order valence-corrected chi connectivity index (χ0v) is 16.7. The Bertz CT molecular complexity index is 1340. The maximum Gasteiger partial charge on any atom is 0.418 e. The maximum atomic E-state index is 13.6. The molecule has 0 saturated carbocycles. The number of para-hydroxylation sites is 1. The summed E-state index contributed by atoms with van der Waals surface area (Å²) in [5.74, 6) is -0.181. The molecule has 9 heteroatoms. The van der Waals surface area contributed by atoms with Crippen LogP contribution >= 0.6 is 0 Å². The van der Waals surface area contributed by atoms with Gasteiger partial charge in [0.15, 0.2) is 0 Å². The third kappa shape index (κ3) is 4.52. The van der Waals surface area contributed by atoms with E-state index in [1.807, 2.05) is 0 Å². The first kappa shape index (κ1) is 22.3. The first-order chi connectivity index (χ1) is 15.6. The molecule has 0 unspecified atom stereocenters. The van der Waals surface area contributed by atoms with Gasteiger partial charge in [0.2, 0.25) is 0 Å². The number of alkyl halides is 6. The number of hydrogen-bond acceptors (Lipinski definition) is 2. The van der Waals surface area contributed by atoms with Crippen molar-refractivity contribution in [2.24, 2.45) is 10.7 Å². The minimum atomic E-state index is -4.63. The summed E-state index contributed by atoms with van der Waals surface area (Å²) in [6, 6.07) is 16.5. The SMILES string of the molecule is NC(=Nc1cccc(C(F)(F)F)c1)c1cnc2c(C(F)(F)F)cccc2c1-c1ccccc1. The lowest BCUT2D eigenvalue weighted by molar-refractivity contribution is -0.138. The standard InChI is InChI=1S/C24H15F6N3/c25-23(26,27)15-8-4-9-16(12-15)33-22(31)18-13-32-21-17(10-5-11-19(21)24(28,29)30)20(18)14-6-2-1-3-7-14/h1-13H,(H2,31,33). The second-order valence-corrected chi connectivity index (χ2v) is 7.16. The van der Waals surface area contributed by atoms with E-state index in [2.05, 4.69) is 9.98 Å². The minimum absolute atomic E-state index is 0.0505. The van der Waals surface area contributed by atoms with Gasteiger partial charge in [-0.25, -0.2) is 4.99 Å². The summed E-state index contributed by atoms with van der Waals surface area (Å²) < 4.78 is 79.8. The predicted octanol–water partition coefficient (Wildman–Crippen LogP) is 6.98. The fourth-order valence-corrected chi connectivity index (χ4v) is 3.51. The molecule has 0 bridgehead atoms. The molecule has 168 valence electrons. The van der Waals surface area contributed by atoms with Crippen LogP contribution < -0.4 is 5.73 Å². The van der Waals surface area contributed by atoms with Crippen LogP contribution in [0, 0.1) is 0 Å². The van der Waals surface area contributed by atoms with Crippen molar-refractivity contribution in [1.29, 1.82) is 0 Å². The van der Waals surface area contributed by atoms with E-state index in [-0.39, 0.29) is 28.0 Å². The highest BCUT2D eigenvalue weighted by Crippen LogP contribution is 2.38. The highest BCUT2D eigenvalue weighted by Gasteiger charge is 2.34. The summed E-state index contributed by atoms with van der Waals surface area (Å²) in [7, 11) is 0. The van der Waals surface area contributed by atoms with E-state index in [1.165, 1.54) is 24.3 Å². The van der Waals surface area contributed by atoms with Gasteiger partial charge >= 0.3 is 12.4 Å². The van der Waals surface area contributed by atoms with E-state index in [0.717, 1.165) is 24.4 Å². The largest absolute Gasteiger partial charge is 0.418 e. The maximum absolute atomic E-state index is 13.6. The van der Waals surface area contributed by atoms with Crippen LogP contribution in [-0.4, -0.2) is 10.8 Å². The Hall–Kier alpha value is -3.88. The Kier molecular flexibility index (Phi) is 5.57. The van der Waals surface area contributed by atoms with Crippen molar-refractivity contribution < 1.29 is 26.3 Å². The zero-order chi connectivity index (χ0) is 23.8. The van der Waals surface area contributed by atoms with Crippen molar-refractivity contribution in [1.82, 2.24) is 4.98 Å². The molecule has 0 radical (unpaired) electrons. The number of aromatic nitrogens is 1. The van der Waals surface area contributed by atoms with E-state index in [9.17, 15) is 26.3 Å². The Balaban J connectivity index is 1.96. The summed E-state index contributed by atoms with van der Waals surface area (Å²) in [5.41, 5.74) is 5.13. The van der Waals surface area contributed by atoms with E-state index in [1.54, 1.807) is 30.3 Å². The van der Waals surface area contributed by atoms with Crippen LogP contribution in [-0.2, 0) is 12.4 Å². The number of benzene rings is 3. The molecule has 33 heavy (non-hydrogen) atoms. The van der Waals surface area contributed by atoms with Gasteiger partial charge in [0.25, 0.3) is 0 Å². The second-order valence-electron chi connectivity index (χ2n) is 7.16. The van der Waals surface area contributed by atoms with Gasteiger partial charge in [0, 0.05) is 22.7 Å². The summed E-state index contributed by atoms with van der Waals surface area (Å²) in [5, 5.41) is 0.190. The summed E-state index contributed by atoms with van der Waals surface area (Å²) in [4.78, 5) is 8.09. The molecular weight excluding hydrogens is 444 g/mol. The van der Waals surface area contributed by atoms with Crippen LogP contribution in [0.2, 0.25) is 0 Å². The molecule has 0 spiro atoms. The minimum Gasteiger partial charge on any atom is -0.383 e. The van der Waals surface area contributed by atoms with E-state index >= 15 is 0 Å². The van der Waals surface area contributed by atoms with Gasteiger partial charge in [-0.1, -0.05) is 48.5 Å². The molecule has 0 saturated heterocycles. The van der Waals surface area contributed by atoms with E-state index in [4.69, 9.17) is 5.73 Å². The van der Waals surface area contributed by atoms with Gasteiger partial charge in [0.1, 0.15) is 5.84 Å². The quantitative estimate of drug-likeness (QED) is 0.204. The van der Waals surface area contributed by atoms with Gasteiger partial charge in [0.05, 0.1) is 22.3 Å². The topological polar surface area (TPSA) is 51.3 Å². The first-order valence-electron chi connectivity index (χ1n) is 9.62. The van der Waals surface area contributed by atoms with Crippen LogP contribution in [0.25, 0.3) is 22.0 Å². The van der Waals surface area contributed by atoms with Crippen LogP contribution in [0.3, 0.4) is 0 Å². The Morgan fingerprint density at radius 1 is 0.788 bits per heavy atom. The summed E-state index contributed by atoms with van der Waals surface area (Å²) in [6.07, 6.45) is -8.03. The van der Waals surface area contributed by atoms with E-state index in [0.29, 0.717) is 11.1 Å². The molecular formula is C24H15F6N3. The average molecular weight is 459 g/mol. The number of aliphatic imine (C=N–C) groups is 1. The van der Waals surface area contributed by atoms with Gasteiger partial charge in [-0.3, -0.25) is 4.98 Å². The molecule has 2 N–H and O–H groups in total. The van der Waals surface area contributed by atoms with Crippen molar-refractivity contribution in [3.05, 3.63) is 95.7 Å². The fraction of sp³-hybridized carbons (Fsp3) is 0.0833. The molecule has 0 amide bonds. The van der Waals surface area contributed by atoms with Crippen LogP contribution in [0.1, 0.15) is 16.7 Å². The highest BCUT2D eigenvalue weighted by atomic mass is 19.4. The first-order valence-corrected chi connectivity index (χ1v) is 9.62. The lowest BCUT2D eigenvalue weighted by Crippen LogP contribution is -2.16. The zero-order valence-electron chi connectivity index (χ0n) is 16.7. The molecule has 3 aromatic carbocycles. The average Bonchev–Trinajstić information content (AvgIpc) is 2.77. The molecule has 1 heterocycles. The number of pyridine rings is 1. The number of amidine groups is 1. The molecule has 4 rings (SSSR count). The fourth-order valence-electron chi connectivity index (χ4n) is 3.51. The van der Waals surface area contributed by atoms with Gasteiger partial charge < -0.3 is 5.73 Å². The Morgan fingerprint density at radius 3 is 2.15 bits per heavy atom. The highest BCUT2D eigenvalue weighted by molar-refractivity contribution is 6.11. The second kappa shape index (κ2) is 8.23.